The zero-order valence-electron chi connectivity index (χ0n) is 15.0. The molecule has 9 heteroatoms. The van der Waals surface area contributed by atoms with Crippen molar-refractivity contribution in [3.8, 4) is 0 Å². The first-order valence-electron chi connectivity index (χ1n) is 8.68. The van der Waals surface area contributed by atoms with E-state index in [1.54, 1.807) is 30.6 Å². The first kappa shape index (κ1) is 18.8. The minimum Gasteiger partial charge on any atom is -0.478 e. The zero-order valence-corrected chi connectivity index (χ0v) is 15.7. The number of halogens is 2. The van der Waals surface area contributed by atoms with E-state index in [2.05, 4.69) is 25.3 Å². The number of hydrogen-bond acceptors (Lipinski definition) is 5. The SMILES string of the molecule is O=C(O)c1cnc2[nH]cc(Cc3ccc(NCc4ccc(Cl)nc4)nc3F)c2c1. The molecule has 0 aliphatic rings. The Labute approximate surface area is 169 Å². The largest absolute Gasteiger partial charge is 0.478 e. The second-order valence-electron chi connectivity index (χ2n) is 6.41. The molecule has 0 spiro atoms. The number of fused-ring (bicyclic) bond motifs is 1. The summed E-state index contributed by atoms with van der Waals surface area (Å²) in [4.78, 5) is 26.2. The molecule has 0 aliphatic carbocycles. The molecule has 4 aromatic rings. The van der Waals surface area contributed by atoms with E-state index in [4.69, 9.17) is 16.7 Å². The molecule has 0 saturated carbocycles. The van der Waals surface area contributed by atoms with E-state index >= 15 is 0 Å². The van der Waals surface area contributed by atoms with Crippen molar-refractivity contribution in [1.29, 1.82) is 0 Å². The van der Waals surface area contributed by atoms with Gasteiger partial charge in [-0.2, -0.15) is 4.39 Å². The average molecular weight is 412 g/mol. The van der Waals surface area contributed by atoms with E-state index in [0.717, 1.165) is 11.1 Å². The summed E-state index contributed by atoms with van der Waals surface area (Å²) < 4.78 is 14.5. The van der Waals surface area contributed by atoms with Crippen molar-refractivity contribution >= 4 is 34.4 Å². The van der Waals surface area contributed by atoms with Gasteiger partial charge in [0.15, 0.2) is 0 Å². The van der Waals surface area contributed by atoms with Gasteiger partial charge in [0.25, 0.3) is 0 Å². The van der Waals surface area contributed by atoms with Crippen molar-refractivity contribution in [2.75, 3.05) is 5.32 Å². The molecular formula is C20H15ClFN5O2. The summed E-state index contributed by atoms with van der Waals surface area (Å²) in [5.74, 6) is -1.26. The number of nitrogens with one attached hydrogen (secondary N) is 2. The van der Waals surface area contributed by atoms with Gasteiger partial charge in [0.05, 0.1) is 5.56 Å². The molecule has 0 fully saturated rings. The van der Waals surface area contributed by atoms with Crippen molar-refractivity contribution in [2.24, 2.45) is 0 Å². The van der Waals surface area contributed by atoms with Gasteiger partial charge < -0.3 is 15.4 Å². The van der Waals surface area contributed by atoms with Crippen LogP contribution in [0.3, 0.4) is 0 Å². The van der Waals surface area contributed by atoms with Gasteiger partial charge in [-0.15, -0.1) is 0 Å². The summed E-state index contributed by atoms with van der Waals surface area (Å²) in [6.07, 6.45) is 4.87. The second-order valence-corrected chi connectivity index (χ2v) is 6.79. The predicted molar refractivity (Wildman–Crippen MR) is 107 cm³/mol. The van der Waals surface area contributed by atoms with Gasteiger partial charge >= 0.3 is 5.97 Å². The first-order valence-corrected chi connectivity index (χ1v) is 9.06. The molecule has 0 amide bonds. The molecule has 0 unspecified atom stereocenters. The molecule has 4 rings (SSSR count). The molecule has 0 saturated heterocycles. The highest BCUT2D eigenvalue weighted by Gasteiger charge is 2.13. The molecule has 29 heavy (non-hydrogen) atoms. The lowest BCUT2D eigenvalue weighted by atomic mass is 10.1. The highest BCUT2D eigenvalue weighted by Crippen LogP contribution is 2.22. The number of carboxylic acid groups (broad SMARTS) is 1. The Kier molecular flexibility index (Phi) is 5.09. The molecule has 7 nitrogen and oxygen atoms in total. The molecular weight excluding hydrogens is 397 g/mol. The van der Waals surface area contributed by atoms with E-state index in [-0.39, 0.29) is 12.0 Å². The van der Waals surface area contributed by atoms with Crippen molar-refractivity contribution in [3.63, 3.8) is 0 Å². The molecule has 4 aromatic heterocycles. The maximum Gasteiger partial charge on any atom is 0.337 e. The van der Waals surface area contributed by atoms with E-state index in [1.807, 2.05) is 6.07 Å². The fourth-order valence-corrected chi connectivity index (χ4v) is 3.04. The van der Waals surface area contributed by atoms with Crippen LogP contribution in [-0.2, 0) is 13.0 Å². The third kappa shape index (κ3) is 4.17. The Hall–Kier alpha value is -3.52. The topological polar surface area (TPSA) is 104 Å². The van der Waals surface area contributed by atoms with Crippen molar-refractivity contribution in [2.45, 2.75) is 13.0 Å². The summed E-state index contributed by atoms with van der Waals surface area (Å²) in [6.45, 7) is 0.433. The number of H-pyrrole nitrogens is 1. The number of pyridine rings is 3. The predicted octanol–water partition coefficient (Wildman–Crippen LogP) is 4.05. The Morgan fingerprint density at radius 3 is 2.76 bits per heavy atom. The fraction of sp³-hybridized carbons (Fsp3) is 0.100. The number of rotatable bonds is 6. The van der Waals surface area contributed by atoms with E-state index in [0.29, 0.717) is 34.1 Å². The fourth-order valence-electron chi connectivity index (χ4n) is 2.92. The lowest BCUT2D eigenvalue weighted by molar-refractivity contribution is 0.0696. The number of aromatic carboxylic acids is 1. The molecule has 0 aliphatic heterocycles. The molecule has 0 radical (unpaired) electrons. The number of carbonyl (C=O) groups is 1. The van der Waals surface area contributed by atoms with Crippen LogP contribution in [0.15, 0.2) is 48.9 Å². The van der Waals surface area contributed by atoms with Crippen LogP contribution in [-0.4, -0.2) is 31.0 Å². The van der Waals surface area contributed by atoms with Crippen LogP contribution in [0.5, 0.6) is 0 Å². The van der Waals surface area contributed by atoms with Crippen LogP contribution in [0.25, 0.3) is 11.0 Å². The molecule has 4 heterocycles. The van der Waals surface area contributed by atoms with Gasteiger partial charge in [-0.05, 0) is 29.3 Å². The Morgan fingerprint density at radius 1 is 1.17 bits per heavy atom. The maximum absolute atomic E-state index is 14.5. The third-order valence-corrected chi connectivity index (χ3v) is 4.66. The van der Waals surface area contributed by atoms with E-state index in [1.165, 1.54) is 12.3 Å². The third-order valence-electron chi connectivity index (χ3n) is 4.43. The number of aromatic nitrogens is 4. The summed E-state index contributed by atoms with van der Waals surface area (Å²) in [5.41, 5.74) is 2.65. The van der Waals surface area contributed by atoms with Crippen LogP contribution in [0.1, 0.15) is 27.0 Å². The number of anilines is 1. The summed E-state index contributed by atoms with van der Waals surface area (Å²) in [5, 5.41) is 13.2. The van der Waals surface area contributed by atoms with Crippen molar-refractivity contribution in [1.82, 2.24) is 19.9 Å². The highest BCUT2D eigenvalue weighted by molar-refractivity contribution is 6.29. The molecule has 3 N–H and O–H groups in total. The standard InChI is InChI=1S/C20H15ClFN5O2/c21-16-3-1-11(7-23-16)8-24-17-4-2-12(18(22)27-17)5-13-9-25-19-15(13)6-14(10-26-19)20(28)29/h1-4,6-7,9-10H,5,8H2,(H,24,27)(H,25,26)(H,28,29). The average Bonchev–Trinajstić information content (AvgIpc) is 3.11. The Morgan fingerprint density at radius 2 is 2.03 bits per heavy atom. The Balaban J connectivity index is 1.51. The van der Waals surface area contributed by atoms with Crippen LogP contribution < -0.4 is 5.32 Å². The van der Waals surface area contributed by atoms with Crippen LogP contribution >= 0.6 is 11.6 Å². The molecule has 0 bridgehead atoms. The number of aromatic amines is 1. The van der Waals surface area contributed by atoms with Crippen LogP contribution in [0, 0.1) is 5.95 Å². The van der Waals surface area contributed by atoms with Crippen LogP contribution in [0.2, 0.25) is 5.15 Å². The second kappa shape index (κ2) is 7.84. The van der Waals surface area contributed by atoms with Gasteiger partial charge in [0.1, 0.15) is 16.6 Å². The van der Waals surface area contributed by atoms with Gasteiger partial charge in [-0.25, -0.2) is 19.7 Å². The summed E-state index contributed by atoms with van der Waals surface area (Å²) in [7, 11) is 0. The number of hydrogen-bond donors (Lipinski definition) is 3. The van der Waals surface area contributed by atoms with Gasteiger partial charge in [-0.1, -0.05) is 23.7 Å². The normalized spacial score (nSPS) is 11.0. The number of carboxylic acids is 1. The summed E-state index contributed by atoms with van der Waals surface area (Å²) in [6, 6.07) is 8.37. The zero-order chi connectivity index (χ0) is 20.4. The molecule has 0 atom stereocenters. The van der Waals surface area contributed by atoms with Gasteiger partial charge in [0.2, 0.25) is 5.95 Å². The lowest BCUT2D eigenvalue weighted by Gasteiger charge is -2.08. The van der Waals surface area contributed by atoms with Gasteiger partial charge in [0, 0.05) is 42.5 Å². The summed E-state index contributed by atoms with van der Waals surface area (Å²) >= 11 is 5.76. The molecule has 0 aromatic carbocycles. The Bertz CT molecular complexity index is 1190. The van der Waals surface area contributed by atoms with Crippen molar-refractivity contribution in [3.05, 3.63) is 82.3 Å². The first-order chi connectivity index (χ1) is 14.0. The molecule has 146 valence electrons. The maximum atomic E-state index is 14.5. The lowest BCUT2D eigenvalue weighted by Crippen LogP contribution is -2.04. The quantitative estimate of drug-likeness (QED) is 0.413. The van der Waals surface area contributed by atoms with E-state index in [9.17, 15) is 9.18 Å². The van der Waals surface area contributed by atoms with Gasteiger partial charge in [-0.3, -0.25) is 0 Å². The minimum atomic E-state index is -1.06. The van der Waals surface area contributed by atoms with Crippen molar-refractivity contribution < 1.29 is 14.3 Å². The smallest absolute Gasteiger partial charge is 0.337 e. The van der Waals surface area contributed by atoms with E-state index < -0.39 is 11.9 Å². The monoisotopic (exact) mass is 411 g/mol. The van der Waals surface area contributed by atoms with Crippen LogP contribution in [0.4, 0.5) is 10.2 Å². The highest BCUT2D eigenvalue weighted by atomic mass is 35.5. The minimum absolute atomic E-state index is 0.0770. The number of nitrogens with zero attached hydrogens (tertiary/aromatic N) is 3.